The Kier molecular flexibility index (Phi) is 4.75. The monoisotopic (exact) mass is 334 g/mol. The summed E-state index contributed by atoms with van der Waals surface area (Å²) in [4.78, 5) is 24.4. The van der Waals surface area contributed by atoms with Gasteiger partial charge in [-0.05, 0) is 24.1 Å². The molecule has 0 saturated heterocycles. The summed E-state index contributed by atoms with van der Waals surface area (Å²) in [5.41, 5.74) is 3.04. The highest BCUT2D eigenvalue weighted by Crippen LogP contribution is 2.17. The summed E-state index contributed by atoms with van der Waals surface area (Å²) in [5.74, 6) is -0.0885. The fourth-order valence-corrected chi connectivity index (χ4v) is 2.60. The number of hydrogen-bond acceptors (Lipinski definition) is 4. The molecule has 0 aliphatic heterocycles. The molecule has 5 nitrogen and oxygen atoms in total. The van der Waals surface area contributed by atoms with Gasteiger partial charge in [-0.3, -0.25) is 9.59 Å². The first-order valence-corrected chi connectivity index (χ1v) is 7.93. The van der Waals surface area contributed by atoms with Crippen molar-refractivity contribution in [3.8, 4) is 0 Å². The lowest BCUT2D eigenvalue weighted by Crippen LogP contribution is -2.23. The molecule has 5 heteroatoms. The Bertz CT molecular complexity index is 968. The van der Waals surface area contributed by atoms with Crippen LogP contribution in [0.4, 0.5) is 0 Å². The Morgan fingerprint density at radius 1 is 1.24 bits per heavy atom. The zero-order valence-electron chi connectivity index (χ0n) is 13.9. The van der Waals surface area contributed by atoms with E-state index in [2.05, 4.69) is 11.7 Å². The lowest BCUT2D eigenvalue weighted by atomic mass is 10.1. The van der Waals surface area contributed by atoms with Gasteiger partial charge in [0.05, 0.1) is 12.2 Å². The smallest absolute Gasteiger partial charge is 0.250 e. The second-order valence-corrected chi connectivity index (χ2v) is 5.80. The van der Waals surface area contributed by atoms with Crippen LogP contribution in [0.15, 0.2) is 64.6 Å². The van der Waals surface area contributed by atoms with Crippen LogP contribution >= 0.6 is 0 Å². The van der Waals surface area contributed by atoms with Gasteiger partial charge in [-0.1, -0.05) is 48.1 Å². The van der Waals surface area contributed by atoms with Gasteiger partial charge in [0.1, 0.15) is 0 Å². The molecule has 0 aliphatic rings. The number of Topliss-reactive ketones (excluding diaryl/α,β-unsaturated/α-hetero) is 1. The molecular weight excluding hydrogens is 316 g/mol. The van der Waals surface area contributed by atoms with Crippen LogP contribution in [-0.2, 0) is 13.0 Å². The van der Waals surface area contributed by atoms with Crippen molar-refractivity contribution < 1.29 is 9.32 Å². The normalized spacial score (nSPS) is 10.6. The van der Waals surface area contributed by atoms with Crippen molar-refractivity contribution in [1.82, 2.24) is 9.72 Å². The van der Waals surface area contributed by atoms with E-state index >= 15 is 0 Å². The van der Waals surface area contributed by atoms with Crippen molar-refractivity contribution >= 4 is 11.9 Å². The Morgan fingerprint density at radius 2 is 2.00 bits per heavy atom. The van der Waals surface area contributed by atoms with Gasteiger partial charge in [0.2, 0.25) is 11.5 Å². The lowest BCUT2D eigenvalue weighted by Gasteiger charge is -2.05. The quantitative estimate of drug-likeness (QED) is 0.649. The number of pyridine rings is 1. The fraction of sp³-hybridized carbons (Fsp3) is 0.150. The number of benzene rings is 1. The molecule has 0 bridgehead atoms. The second kappa shape index (κ2) is 7.13. The van der Waals surface area contributed by atoms with E-state index in [9.17, 15) is 9.59 Å². The molecule has 2 heterocycles. The maximum absolute atomic E-state index is 12.5. The minimum atomic E-state index is -0.285. The van der Waals surface area contributed by atoms with Crippen molar-refractivity contribution in [2.75, 3.05) is 0 Å². The molecule has 2 aromatic heterocycles. The molecule has 3 aromatic rings. The standard InChI is InChI=1S/C20H18N2O3/c1-3-15-9-10-19(24)22(12-15)13-18(23)20-14(2)17(21-25-20)11-16-7-5-4-6-8-16/h3-10,12H,1,11,13H2,2H3. The second-order valence-electron chi connectivity index (χ2n) is 5.80. The van der Waals surface area contributed by atoms with Crippen LogP contribution < -0.4 is 5.56 Å². The SMILES string of the molecule is C=Cc1ccc(=O)n(CC(=O)c2onc(Cc3ccccc3)c2C)c1. The van der Waals surface area contributed by atoms with E-state index in [1.54, 1.807) is 18.3 Å². The van der Waals surface area contributed by atoms with Crippen molar-refractivity contribution in [2.45, 2.75) is 19.9 Å². The molecule has 0 radical (unpaired) electrons. The number of carbonyl (C=O) groups excluding carboxylic acids is 1. The Morgan fingerprint density at radius 3 is 2.72 bits per heavy atom. The first-order valence-electron chi connectivity index (χ1n) is 7.93. The fourth-order valence-electron chi connectivity index (χ4n) is 2.60. The number of aromatic nitrogens is 2. The van der Waals surface area contributed by atoms with Gasteiger partial charge in [0.25, 0.3) is 5.56 Å². The summed E-state index contributed by atoms with van der Waals surface area (Å²) in [7, 11) is 0. The van der Waals surface area contributed by atoms with Crippen LogP contribution in [0, 0.1) is 6.92 Å². The molecular formula is C20H18N2O3. The Balaban J connectivity index is 1.82. The van der Waals surface area contributed by atoms with Crippen molar-refractivity contribution in [1.29, 1.82) is 0 Å². The van der Waals surface area contributed by atoms with Crippen molar-refractivity contribution in [3.63, 3.8) is 0 Å². The Labute approximate surface area is 145 Å². The molecule has 0 amide bonds. The third-order valence-corrected chi connectivity index (χ3v) is 4.04. The highest BCUT2D eigenvalue weighted by Gasteiger charge is 2.19. The maximum Gasteiger partial charge on any atom is 0.250 e. The minimum Gasteiger partial charge on any atom is -0.352 e. The summed E-state index contributed by atoms with van der Waals surface area (Å²) in [5, 5.41) is 4.03. The van der Waals surface area contributed by atoms with E-state index in [4.69, 9.17) is 4.52 Å². The third kappa shape index (κ3) is 3.66. The van der Waals surface area contributed by atoms with E-state index in [0.29, 0.717) is 12.0 Å². The molecule has 0 aliphatic carbocycles. The molecule has 0 N–H and O–H groups in total. The van der Waals surface area contributed by atoms with Gasteiger partial charge in [0.15, 0.2) is 0 Å². The predicted octanol–water partition coefficient (Wildman–Crippen LogP) is 3.26. The number of nitrogens with zero attached hydrogens (tertiary/aromatic N) is 2. The van der Waals surface area contributed by atoms with Crippen LogP contribution in [0.2, 0.25) is 0 Å². The molecule has 0 spiro atoms. The number of ketones is 1. The van der Waals surface area contributed by atoms with E-state index in [1.165, 1.54) is 10.6 Å². The number of rotatable bonds is 6. The molecule has 126 valence electrons. The predicted molar refractivity (Wildman–Crippen MR) is 95.6 cm³/mol. The zero-order chi connectivity index (χ0) is 17.8. The number of carbonyl (C=O) groups is 1. The van der Waals surface area contributed by atoms with Gasteiger partial charge in [0, 0.05) is 24.2 Å². The maximum atomic E-state index is 12.5. The topological polar surface area (TPSA) is 65.1 Å². The van der Waals surface area contributed by atoms with Crippen molar-refractivity contribution in [2.24, 2.45) is 0 Å². The first-order chi connectivity index (χ1) is 12.1. The van der Waals surface area contributed by atoms with Gasteiger partial charge in [-0.2, -0.15) is 0 Å². The van der Waals surface area contributed by atoms with Crippen LogP contribution in [0.25, 0.3) is 6.08 Å². The largest absolute Gasteiger partial charge is 0.352 e. The molecule has 0 atom stereocenters. The van der Waals surface area contributed by atoms with Crippen LogP contribution in [0.5, 0.6) is 0 Å². The highest BCUT2D eigenvalue weighted by atomic mass is 16.5. The average Bonchev–Trinajstić information content (AvgIpc) is 2.98. The third-order valence-electron chi connectivity index (χ3n) is 4.04. The minimum absolute atomic E-state index is 0.0959. The van der Waals surface area contributed by atoms with E-state index in [1.807, 2.05) is 37.3 Å². The molecule has 0 fully saturated rings. The zero-order valence-corrected chi connectivity index (χ0v) is 13.9. The molecule has 3 rings (SSSR count). The summed E-state index contributed by atoms with van der Waals surface area (Å²) < 4.78 is 6.61. The summed E-state index contributed by atoms with van der Waals surface area (Å²) >= 11 is 0. The van der Waals surface area contributed by atoms with E-state index in [-0.39, 0.29) is 23.6 Å². The summed E-state index contributed by atoms with van der Waals surface area (Å²) in [6.07, 6.45) is 3.82. The van der Waals surface area contributed by atoms with Gasteiger partial charge >= 0.3 is 0 Å². The molecule has 0 unspecified atom stereocenters. The highest BCUT2D eigenvalue weighted by molar-refractivity contribution is 5.94. The first kappa shape index (κ1) is 16.6. The van der Waals surface area contributed by atoms with Gasteiger partial charge in [-0.15, -0.1) is 0 Å². The number of hydrogen-bond donors (Lipinski definition) is 0. The molecule has 0 saturated carbocycles. The van der Waals surface area contributed by atoms with Gasteiger partial charge < -0.3 is 9.09 Å². The van der Waals surface area contributed by atoms with Crippen LogP contribution in [0.1, 0.15) is 32.9 Å². The van der Waals surface area contributed by atoms with Crippen LogP contribution in [0.3, 0.4) is 0 Å². The summed E-state index contributed by atoms with van der Waals surface area (Å²) in [6.45, 7) is 5.38. The average molecular weight is 334 g/mol. The lowest BCUT2D eigenvalue weighted by molar-refractivity contribution is 0.0933. The molecule has 1 aromatic carbocycles. The Hall–Kier alpha value is -3.21. The van der Waals surface area contributed by atoms with E-state index < -0.39 is 0 Å². The van der Waals surface area contributed by atoms with Crippen molar-refractivity contribution in [3.05, 3.63) is 93.7 Å². The van der Waals surface area contributed by atoms with Crippen LogP contribution in [-0.4, -0.2) is 15.5 Å². The van der Waals surface area contributed by atoms with Gasteiger partial charge in [-0.25, -0.2) is 0 Å². The molecule has 25 heavy (non-hydrogen) atoms. The van der Waals surface area contributed by atoms with E-state index in [0.717, 1.165) is 16.8 Å². The summed E-state index contributed by atoms with van der Waals surface area (Å²) in [6, 6.07) is 12.9.